The minimum atomic E-state index is 0.614. The monoisotopic (exact) mass is 753 g/mol. The first kappa shape index (κ1) is 34.3. The number of hydrogen-bond acceptors (Lipinski definition) is 4. The normalized spacial score (nSPS) is 11.5. The van der Waals surface area contributed by atoms with Gasteiger partial charge in [0, 0.05) is 27.6 Å². The molecule has 0 unspecified atom stereocenters. The van der Waals surface area contributed by atoms with E-state index in [4.69, 9.17) is 19.7 Å². The summed E-state index contributed by atoms with van der Waals surface area (Å²) in [4.78, 5) is 15.4. The molecule has 10 aromatic rings. The first-order valence-electron chi connectivity index (χ1n) is 19.8. The lowest BCUT2D eigenvalue weighted by Crippen LogP contribution is -2.01. The fourth-order valence-electron chi connectivity index (χ4n) is 8.24. The quantitative estimate of drug-likeness (QED) is 0.163. The molecule has 1 aliphatic heterocycles. The molecular weight excluding hydrogens is 719 g/mol. The molecule has 9 aromatic carbocycles. The van der Waals surface area contributed by atoms with Crippen molar-refractivity contribution in [2.45, 2.75) is 0 Å². The molecule has 0 spiro atoms. The van der Waals surface area contributed by atoms with E-state index in [0.717, 1.165) is 67.0 Å². The zero-order chi connectivity index (χ0) is 39.1. The Hall–Kier alpha value is -7.95. The maximum Gasteiger partial charge on any atom is 0.164 e. The average molecular weight is 754 g/mol. The highest BCUT2D eigenvalue weighted by molar-refractivity contribution is 6.10. The molecular formula is C55H35N3O. The van der Waals surface area contributed by atoms with Crippen molar-refractivity contribution in [3.05, 3.63) is 212 Å². The van der Waals surface area contributed by atoms with Gasteiger partial charge in [-0.3, -0.25) is 0 Å². The van der Waals surface area contributed by atoms with Gasteiger partial charge >= 0.3 is 0 Å². The third-order valence-corrected chi connectivity index (χ3v) is 11.2. The summed E-state index contributed by atoms with van der Waals surface area (Å²) in [6, 6.07) is 73.9. The van der Waals surface area contributed by atoms with Crippen molar-refractivity contribution < 1.29 is 4.74 Å². The van der Waals surface area contributed by atoms with Crippen LogP contribution in [0.5, 0.6) is 11.5 Å². The Morgan fingerprint density at radius 2 is 0.712 bits per heavy atom. The van der Waals surface area contributed by atoms with E-state index in [0.29, 0.717) is 17.5 Å². The Bertz CT molecular complexity index is 3150. The van der Waals surface area contributed by atoms with Crippen LogP contribution in [0.15, 0.2) is 212 Å². The Morgan fingerprint density at radius 3 is 1.36 bits per heavy atom. The summed E-state index contributed by atoms with van der Waals surface area (Å²) in [5.41, 5.74) is 14.1. The van der Waals surface area contributed by atoms with Crippen LogP contribution in [0.3, 0.4) is 0 Å². The van der Waals surface area contributed by atoms with Gasteiger partial charge in [0.2, 0.25) is 0 Å². The van der Waals surface area contributed by atoms with Gasteiger partial charge in [0.25, 0.3) is 0 Å². The van der Waals surface area contributed by atoms with Gasteiger partial charge < -0.3 is 4.74 Å². The van der Waals surface area contributed by atoms with Crippen LogP contribution in [0, 0.1) is 0 Å². The van der Waals surface area contributed by atoms with Gasteiger partial charge in [-0.25, -0.2) is 15.0 Å². The van der Waals surface area contributed by atoms with Crippen LogP contribution in [0.2, 0.25) is 0 Å². The topological polar surface area (TPSA) is 47.9 Å². The number of rotatable bonds is 7. The van der Waals surface area contributed by atoms with E-state index in [9.17, 15) is 0 Å². The Kier molecular flexibility index (Phi) is 8.45. The highest BCUT2D eigenvalue weighted by Gasteiger charge is 2.22. The molecule has 0 N–H and O–H groups in total. The predicted octanol–water partition coefficient (Wildman–Crippen LogP) is 14.5. The van der Waals surface area contributed by atoms with Gasteiger partial charge in [0.05, 0.1) is 0 Å². The maximum atomic E-state index is 6.55. The van der Waals surface area contributed by atoms with E-state index in [2.05, 4.69) is 194 Å². The van der Waals surface area contributed by atoms with Gasteiger partial charge in [0.1, 0.15) is 11.5 Å². The Balaban J connectivity index is 0.981. The van der Waals surface area contributed by atoms with Crippen molar-refractivity contribution in [3.8, 4) is 101 Å². The summed E-state index contributed by atoms with van der Waals surface area (Å²) in [6.45, 7) is 0. The van der Waals surface area contributed by atoms with Crippen molar-refractivity contribution in [2.75, 3.05) is 0 Å². The fourth-order valence-corrected chi connectivity index (χ4v) is 8.24. The number of hydrogen-bond donors (Lipinski definition) is 0. The van der Waals surface area contributed by atoms with Gasteiger partial charge in [-0.05, 0) is 73.7 Å². The Labute approximate surface area is 342 Å². The first-order chi connectivity index (χ1) is 29.2. The summed E-state index contributed by atoms with van der Waals surface area (Å²) in [5.74, 6) is 3.60. The molecule has 59 heavy (non-hydrogen) atoms. The summed E-state index contributed by atoms with van der Waals surface area (Å²) < 4.78 is 6.55. The zero-order valence-corrected chi connectivity index (χ0v) is 32.0. The summed E-state index contributed by atoms with van der Waals surface area (Å²) >= 11 is 0. The van der Waals surface area contributed by atoms with Crippen molar-refractivity contribution >= 4 is 10.8 Å². The van der Waals surface area contributed by atoms with Crippen molar-refractivity contribution in [3.63, 3.8) is 0 Å². The first-order valence-corrected chi connectivity index (χ1v) is 19.8. The highest BCUT2D eigenvalue weighted by Crippen LogP contribution is 2.49. The van der Waals surface area contributed by atoms with E-state index < -0.39 is 0 Å². The van der Waals surface area contributed by atoms with E-state index >= 15 is 0 Å². The second kappa shape index (κ2) is 14.5. The summed E-state index contributed by atoms with van der Waals surface area (Å²) in [7, 11) is 0. The zero-order valence-electron chi connectivity index (χ0n) is 32.0. The number of ether oxygens (including phenoxy) is 1. The molecule has 2 heterocycles. The van der Waals surface area contributed by atoms with Gasteiger partial charge in [0.15, 0.2) is 17.5 Å². The van der Waals surface area contributed by atoms with Crippen LogP contribution in [0.4, 0.5) is 0 Å². The van der Waals surface area contributed by atoms with Crippen LogP contribution in [-0.2, 0) is 0 Å². The van der Waals surface area contributed by atoms with Crippen LogP contribution >= 0.6 is 0 Å². The molecule has 0 amide bonds. The van der Waals surface area contributed by atoms with Crippen molar-refractivity contribution in [1.29, 1.82) is 0 Å². The molecule has 1 aromatic heterocycles. The lowest BCUT2D eigenvalue weighted by atomic mass is 9.89. The number of benzene rings is 9. The highest BCUT2D eigenvalue weighted by atomic mass is 16.5. The summed E-state index contributed by atoms with van der Waals surface area (Å²) in [5, 5.41) is 2.32. The fraction of sp³-hybridized carbons (Fsp3) is 0. The molecule has 1 aliphatic rings. The molecule has 0 radical (unpaired) electrons. The predicted molar refractivity (Wildman–Crippen MR) is 241 cm³/mol. The molecule has 0 saturated heterocycles. The average Bonchev–Trinajstić information content (AvgIpc) is 3.32. The molecule has 4 heteroatoms. The second-order valence-corrected chi connectivity index (χ2v) is 14.8. The van der Waals surface area contributed by atoms with Gasteiger partial charge in [-0.1, -0.05) is 194 Å². The molecule has 276 valence electrons. The SMILES string of the molecule is c1ccc(-c2ccc(-c3nc(-c4ccc(-c5ccc6c(c5)-c5cccc7c(-c8ccccc8)ccc(c57)O6)cc4)nc(-c4ccccc4-c4ccccc4)n3)cc2)cc1. The molecule has 0 saturated carbocycles. The largest absolute Gasteiger partial charge is 0.456 e. The molecule has 0 fully saturated rings. The standard InChI is InChI=1S/C55H35N3O/c1-4-13-36(14-5-1)37-23-27-41(28-24-37)53-56-54(58-55(57-53)48-20-11-10-19-44(48)39-15-6-2-7-16-39)42-29-25-38(26-30-42)43-31-33-50-49(35-43)47-22-12-21-46-45(40-17-8-3-9-18-40)32-34-51(59-50)52(46)47/h1-35H. The van der Waals surface area contributed by atoms with Crippen molar-refractivity contribution in [2.24, 2.45) is 0 Å². The number of fused-ring (bicyclic) bond motifs is 2. The van der Waals surface area contributed by atoms with Crippen molar-refractivity contribution in [1.82, 2.24) is 15.0 Å². The summed E-state index contributed by atoms with van der Waals surface area (Å²) in [6.07, 6.45) is 0. The van der Waals surface area contributed by atoms with Gasteiger partial charge in [-0.15, -0.1) is 0 Å². The minimum absolute atomic E-state index is 0.614. The van der Waals surface area contributed by atoms with Crippen LogP contribution in [0.25, 0.3) is 101 Å². The third-order valence-electron chi connectivity index (χ3n) is 11.2. The molecule has 4 nitrogen and oxygen atoms in total. The van der Waals surface area contributed by atoms with E-state index in [1.807, 2.05) is 18.2 Å². The molecule has 0 bridgehead atoms. The number of aromatic nitrogens is 3. The smallest absolute Gasteiger partial charge is 0.164 e. The lowest BCUT2D eigenvalue weighted by molar-refractivity contribution is 0.487. The molecule has 0 aliphatic carbocycles. The van der Waals surface area contributed by atoms with E-state index in [1.54, 1.807) is 0 Å². The third kappa shape index (κ3) is 6.34. The van der Waals surface area contributed by atoms with Gasteiger partial charge in [-0.2, -0.15) is 0 Å². The molecule has 0 atom stereocenters. The number of nitrogens with zero attached hydrogens (tertiary/aromatic N) is 3. The maximum absolute atomic E-state index is 6.55. The minimum Gasteiger partial charge on any atom is -0.456 e. The lowest BCUT2D eigenvalue weighted by Gasteiger charge is -2.23. The second-order valence-electron chi connectivity index (χ2n) is 14.8. The van der Waals surface area contributed by atoms with E-state index in [-0.39, 0.29) is 0 Å². The Morgan fingerprint density at radius 1 is 0.254 bits per heavy atom. The van der Waals surface area contributed by atoms with E-state index in [1.165, 1.54) is 27.6 Å². The van der Waals surface area contributed by atoms with Crippen LogP contribution in [0.1, 0.15) is 0 Å². The van der Waals surface area contributed by atoms with Crippen LogP contribution in [-0.4, -0.2) is 15.0 Å². The van der Waals surface area contributed by atoms with Crippen LogP contribution < -0.4 is 4.74 Å². The molecule has 11 rings (SSSR count).